The summed E-state index contributed by atoms with van der Waals surface area (Å²) >= 11 is 0. The predicted molar refractivity (Wildman–Crippen MR) is 99.7 cm³/mol. The Bertz CT molecular complexity index is 852. The Labute approximate surface area is 152 Å². The lowest BCUT2D eigenvalue weighted by atomic mass is 10.1. The standard InChI is InChI=1S/C20H21N3O3/c1-13-10-17(24)6-9-19(13)23-20(25)16(11-21)12-22-14(2)15-4-7-18(26-3)8-5-15/h4-10,12,14,22,24H,1-3H3,(H,23,25)/b16-12-. The zero-order chi connectivity index (χ0) is 19.1. The molecular formula is C20H21N3O3. The minimum absolute atomic E-state index is 0.0437. The second-order valence-corrected chi connectivity index (χ2v) is 5.78. The first-order valence-corrected chi connectivity index (χ1v) is 8.06. The Balaban J connectivity index is 2.06. The number of nitrogens with zero attached hydrogens (tertiary/aromatic N) is 1. The Morgan fingerprint density at radius 2 is 1.96 bits per heavy atom. The van der Waals surface area contributed by atoms with Crippen molar-refractivity contribution in [3.63, 3.8) is 0 Å². The Hall–Kier alpha value is -3.46. The number of hydrogen-bond acceptors (Lipinski definition) is 5. The van der Waals surface area contributed by atoms with Gasteiger partial charge in [-0.25, -0.2) is 0 Å². The molecule has 0 heterocycles. The highest BCUT2D eigenvalue weighted by Gasteiger charge is 2.12. The Morgan fingerprint density at radius 3 is 2.54 bits per heavy atom. The first kappa shape index (κ1) is 18.9. The summed E-state index contributed by atoms with van der Waals surface area (Å²) in [5.74, 6) is 0.361. The van der Waals surface area contributed by atoms with Gasteiger partial charge in [0, 0.05) is 17.9 Å². The number of phenolic OH excluding ortho intramolecular Hbond substituents is 1. The van der Waals surface area contributed by atoms with Gasteiger partial charge in [-0.1, -0.05) is 12.1 Å². The van der Waals surface area contributed by atoms with Crippen LogP contribution in [0, 0.1) is 18.3 Å². The molecule has 0 bridgehead atoms. The van der Waals surface area contributed by atoms with Gasteiger partial charge in [0.1, 0.15) is 23.1 Å². The summed E-state index contributed by atoms with van der Waals surface area (Å²) in [5, 5.41) is 24.4. The molecule has 0 aromatic heterocycles. The van der Waals surface area contributed by atoms with Crippen LogP contribution < -0.4 is 15.4 Å². The molecule has 0 saturated carbocycles. The fraction of sp³-hybridized carbons (Fsp3) is 0.200. The van der Waals surface area contributed by atoms with E-state index in [4.69, 9.17) is 4.74 Å². The highest BCUT2D eigenvalue weighted by molar-refractivity contribution is 6.06. The summed E-state index contributed by atoms with van der Waals surface area (Å²) in [7, 11) is 1.60. The number of ether oxygens (including phenoxy) is 1. The van der Waals surface area contributed by atoms with Crippen molar-refractivity contribution >= 4 is 11.6 Å². The lowest BCUT2D eigenvalue weighted by Gasteiger charge is -2.13. The Morgan fingerprint density at radius 1 is 1.27 bits per heavy atom. The van der Waals surface area contributed by atoms with Crippen LogP contribution in [0.2, 0.25) is 0 Å². The van der Waals surface area contributed by atoms with Crippen molar-refractivity contribution in [2.75, 3.05) is 12.4 Å². The van der Waals surface area contributed by atoms with Crippen LogP contribution in [-0.4, -0.2) is 18.1 Å². The van der Waals surface area contributed by atoms with Crippen LogP contribution in [0.5, 0.6) is 11.5 Å². The minimum atomic E-state index is -0.518. The van der Waals surface area contributed by atoms with Crippen molar-refractivity contribution in [1.82, 2.24) is 5.32 Å². The van der Waals surface area contributed by atoms with Gasteiger partial charge in [-0.2, -0.15) is 5.26 Å². The maximum absolute atomic E-state index is 12.3. The zero-order valence-corrected chi connectivity index (χ0v) is 14.9. The highest BCUT2D eigenvalue weighted by Crippen LogP contribution is 2.21. The molecule has 1 unspecified atom stereocenters. The normalized spacial score (nSPS) is 12.0. The third kappa shape index (κ3) is 4.77. The van der Waals surface area contributed by atoms with Crippen molar-refractivity contribution < 1.29 is 14.6 Å². The number of benzene rings is 2. The fourth-order valence-corrected chi connectivity index (χ4v) is 2.32. The summed E-state index contributed by atoms with van der Waals surface area (Å²) in [6.07, 6.45) is 1.40. The summed E-state index contributed by atoms with van der Waals surface area (Å²) < 4.78 is 5.13. The number of hydrogen-bond donors (Lipinski definition) is 3. The number of rotatable bonds is 6. The van der Waals surface area contributed by atoms with Crippen molar-refractivity contribution in [1.29, 1.82) is 5.26 Å². The predicted octanol–water partition coefficient (Wildman–Crippen LogP) is 3.41. The van der Waals surface area contributed by atoms with E-state index in [1.807, 2.05) is 37.3 Å². The van der Waals surface area contributed by atoms with Crippen LogP contribution in [0.4, 0.5) is 5.69 Å². The number of carbonyl (C=O) groups excluding carboxylic acids is 1. The summed E-state index contributed by atoms with van der Waals surface area (Å²) in [4.78, 5) is 12.3. The van der Waals surface area contributed by atoms with Crippen molar-refractivity contribution in [2.24, 2.45) is 0 Å². The van der Waals surface area contributed by atoms with Crippen LogP contribution >= 0.6 is 0 Å². The average molecular weight is 351 g/mol. The lowest BCUT2D eigenvalue weighted by molar-refractivity contribution is -0.112. The molecule has 134 valence electrons. The molecule has 0 saturated heterocycles. The maximum atomic E-state index is 12.3. The number of nitriles is 1. The van der Waals surface area contributed by atoms with Crippen LogP contribution in [0.3, 0.4) is 0 Å². The van der Waals surface area contributed by atoms with E-state index in [1.165, 1.54) is 18.3 Å². The second-order valence-electron chi connectivity index (χ2n) is 5.78. The number of aromatic hydroxyl groups is 1. The van der Waals surface area contributed by atoms with E-state index < -0.39 is 5.91 Å². The number of phenols is 1. The maximum Gasteiger partial charge on any atom is 0.267 e. The van der Waals surface area contributed by atoms with E-state index in [0.29, 0.717) is 11.3 Å². The second kappa shape index (κ2) is 8.58. The number of carbonyl (C=O) groups is 1. The molecule has 1 atom stereocenters. The molecule has 0 fully saturated rings. The first-order chi connectivity index (χ1) is 12.4. The van der Waals surface area contributed by atoms with Gasteiger partial charge < -0.3 is 20.5 Å². The molecule has 26 heavy (non-hydrogen) atoms. The summed E-state index contributed by atoms with van der Waals surface area (Å²) in [6.45, 7) is 3.68. The van der Waals surface area contributed by atoms with Gasteiger partial charge in [0.05, 0.1) is 7.11 Å². The van der Waals surface area contributed by atoms with Gasteiger partial charge in [-0.15, -0.1) is 0 Å². The third-order valence-electron chi connectivity index (χ3n) is 3.92. The molecular weight excluding hydrogens is 330 g/mol. The van der Waals surface area contributed by atoms with E-state index in [0.717, 1.165) is 11.3 Å². The van der Waals surface area contributed by atoms with Gasteiger partial charge in [-0.3, -0.25) is 4.79 Å². The molecule has 6 heteroatoms. The molecule has 1 amide bonds. The lowest BCUT2D eigenvalue weighted by Crippen LogP contribution is -2.19. The average Bonchev–Trinajstić information content (AvgIpc) is 2.64. The molecule has 0 aliphatic carbocycles. The molecule has 3 N–H and O–H groups in total. The van der Waals surface area contributed by atoms with Gasteiger partial charge in [0.25, 0.3) is 5.91 Å². The fourth-order valence-electron chi connectivity index (χ4n) is 2.32. The minimum Gasteiger partial charge on any atom is -0.508 e. The van der Waals surface area contributed by atoms with Crippen LogP contribution in [-0.2, 0) is 4.79 Å². The van der Waals surface area contributed by atoms with Crippen molar-refractivity contribution in [3.8, 4) is 17.6 Å². The third-order valence-corrected chi connectivity index (χ3v) is 3.92. The molecule has 0 spiro atoms. The topological polar surface area (TPSA) is 94.4 Å². The molecule has 0 aliphatic rings. The van der Waals surface area contributed by atoms with Gasteiger partial charge in [0.2, 0.25) is 0 Å². The van der Waals surface area contributed by atoms with Crippen LogP contribution in [0.1, 0.15) is 24.1 Å². The zero-order valence-electron chi connectivity index (χ0n) is 14.9. The van der Waals surface area contributed by atoms with Gasteiger partial charge >= 0.3 is 0 Å². The van der Waals surface area contributed by atoms with Crippen molar-refractivity contribution in [3.05, 3.63) is 65.4 Å². The van der Waals surface area contributed by atoms with Crippen LogP contribution in [0.15, 0.2) is 54.2 Å². The molecule has 0 aliphatic heterocycles. The number of anilines is 1. The molecule has 0 radical (unpaired) electrons. The quantitative estimate of drug-likeness (QED) is 0.421. The number of aryl methyl sites for hydroxylation is 1. The SMILES string of the molecule is COc1ccc(C(C)N/C=C(/C#N)C(=O)Nc2ccc(O)cc2C)cc1. The number of amides is 1. The molecule has 2 rings (SSSR count). The summed E-state index contributed by atoms with van der Waals surface area (Å²) in [6, 6.07) is 13.9. The highest BCUT2D eigenvalue weighted by atomic mass is 16.5. The first-order valence-electron chi connectivity index (χ1n) is 8.06. The largest absolute Gasteiger partial charge is 0.508 e. The van der Waals surface area contributed by atoms with Gasteiger partial charge in [-0.05, 0) is 55.3 Å². The van der Waals surface area contributed by atoms with Crippen molar-refractivity contribution in [2.45, 2.75) is 19.9 Å². The van der Waals surface area contributed by atoms with Gasteiger partial charge in [0.15, 0.2) is 0 Å². The monoisotopic (exact) mass is 351 g/mol. The molecule has 6 nitrogen and oxygen atoms in total. The molecule has 2 aromatic rings. The Kier molecular flexibility index (Phi) is 6.23. The number of methoxy groups -OCH3 is 1. The van der Waals surface area contributed by atoms with Crippen LogP contribution in [0.25, 0.3) is 0 Å². The smallest absolute Gasteiger partial charge is 0.267 e. The molecule has 2 aromatic carbocycles. The van der Waals surface area contributed by atoms with E-state index >= 15 is 0 Å². The van der Waals surface area contributed by atoms with E-state index in [2.05, 4.69) is 10.6 Å². The van der Waals surface area contributed by atoms with E-state index in [9.17, 15) is 15.2 Å². The van der Waals surface area contributed by atoms with E-state index in [1.54, 1.807) is 20.1 Å². The van der Waals surface area contributed by atoms with E-state index in [-0.39, 0.29) is 17.4 Å². The summed E-state index contributed by atoms with van der Waals surface area (Å²) in [5.41, 5.74) is 2.19. The number of nitrogens with one attached hydrogen (secondary N) is 2.